The summed E-state index contributed by atoms with van der Waals surface area (Å²) >= 11 is 0. The highest BCUT2D eigenvalue weighted by molar-refractivity contribution is 14.0. The van der Waals surface area contributed by atoms with E-state index in [4.69, 9.17) is 0 Å². The second-order valence-electron chi connectivity index (χ2n) is 6.27. The minimum atomic E-state index is 0. The van der Waals surface area contributed by atoms with Crippen LogP contribution in [0.25, 0.3) is 0 Å². The van der Waals surface area contributed by atoms with Crippen LogP contribution in [-0.2, 0) is 6.54 Å². The van der Waals surface area contributed by atoms with Gasteiger partial charge in [0.2, 0.25) is 0 Å². The van der Waals surface area contributed by atoms with Gasteiger partial charge in [0.05, 0.1) is 6.33 Å². The highest BCUT2D eigenvalue weighted by Crippen LogP contribution is 2.03. The molecule has 2 N–H and O–H groups in total. The first-order chi connectivity index (χ1) is 11.0. The fourth-order valence-electron chi connectivity index (χ4n) is 2.62. The van der Waals surface area contributed by atoms with Crippen LogP contribution < -0.4 is 10.6 Å². The maximum atomic E-state index is 4.64. The molecule has 1 aromatic rings. The van der Waals surface area contributed by atoms with Crippen molar-refractivity contribution >= 4 is 29.9 Å². The van der Waals surface area contributed by atoms with Crippen molar-refractivity contribution in [3.8, 4) is 0 Å². The van der Waals surface area contributed by atoms with Crippen molar-refractivity contribution in [2.24, 2.45) is 4.99 Å². The predicted octanol–water partition coefficient (Wildman–Crippen LogP) is 2.57. The third kappa shape index (κ3) is 9.46. The van der Waals surface area contributed by atoms with Gasteiger partial charge in [-0.1, -0.05) is 0 Å². The third-order valence-electron chi connectivity index (χ3n) is 3.74. The van der Waals surface area contributed by atoms with Crippen molar-refractivity contribution in [3.05, 3.63) is 18.7 Å². The van der Waals surface area contributed by atoms with Crippen molar-refractivity contribution in [3.63, 3.8) is 0 Å². The van der Waals surface area contributed by atoms with Gasteiger partial charge in [0.1, 0.15) is 0 Å². The van der Waals surface area contributed by atoms with E-state index in [0.29, 0.717) is 12.1 Å². The maximum Gasteiger partial charge on any atom is 0.191 e. The van der Waals surface area contributed by atoms with Gasteiger partial charge in [-0.05, 0) is 41.0 Å². The number of guanidine groups is 1. The molecule has 0 amide bonds. The molecule has 0 radical (unpaired) electrons. The zero-order valence-electron chi connectivity index (χ0n) is 15.8. The molecule has 0 bridgehead atoms. The smallest absolute Gasteiger partial charge is 0.191 e. The molecule has 0 unspecified atom stereocenters. The molecule has 0 atom stereocenters. The van der Waals surface area contributed by atoms with Crippen LogP contribution >= 0.6 is 24.0 Å². The number of nitrogens with one attached hydrogen (secondary N) is 2. The van der Waals surface area contributed by atoms with Gasteiger partial charge in [0.15, 0.2) is 5.96 Å². The van der Waals surface area contributed by atoms with Gasteiger partial charge >= 0.3 is 0 Å². The van der Waals surface area contributed by atoms with Gasteiger partial charge in [0, 0.05) is 57.2 Å². The molecule has 1 heterocycles. The van der Waals surface area contributed by atoms with Crippen molar-refractivity contribution < 1.29 is 0 Å². The van der Waals surface area contributed by atoms with Crippen LogP contribution in [0.4, 0.5) is 0 Å². The Labute approximate surface area is 164 Å². The standard InChI is InChI=1S/C17H34N6.HI/c1-6-19-17(20-8-7-11-22-12-9-18-14-22)21-10-13-23(15(2)3)16(4)5;/h9,12,14-16H,6-8,10-11,13H2,1-5H3,(H2,19,20,21);1H. The summed E-state index contributed by atoms with van der Waals surface area (Å²) in [5.41, 5.74) is 0. The fourth-order valence-corrected chi connectivity index (χ4v) is 2.62. The molecule has 1 rings (SSSR count). The van der Waals surface area contributed by atoms with E-state index in [1.54, 1.807) is 0 Å². The van der Waals surface area contributed by atoms with E-state index in [0.717, 1.165) is 45.1 Å². The largest absolute Gasteiger partial charge is 0.357 e. The summed E-state index contributed by atoms with van der Waals surface area (Å²) in [4.78, 5) is 11.2. The number of aliphatic imine (C=N–C) groups is 1. The Morgan fingerprint density at radius 2 is 1.92 bits per heavy atom. The van der Waals surface area contributed by atoms with Crippen LogP contribution in [0.3, 0.4) is 0 Å². The average Bonchev–Trinajstić information content (AvgIpc) is 3.00. The number of imidazole rings is 1. The first-order valence-electron chi connectivity index (χ1n) is 8.78. The summed E-state index contributed by atoms with van der Waals surface area (Å²) in [5.74, 6) is 0.908. The number of rotatable bonds is 10. The van der Waals surface area contributed by atoms with Gasteiger partial charge in [-0.3, -0.25) is 9.89 Å². The molecular weight excluding hydrogens is 415 g/mol. The topological polar surface area (TPSA) is 57.5 Å². The van der Waals surface area contributed by atoms with Gasteiger partial charge in [0.25, 0.3) is 0 Å². The van der Waals surface area contributed by atoms with E-state index in [1.165, 1.54) is 0 Å². The normalized spacial score (nSPS) is 11.9. The first-order valence-corrected chi connectivity index (χ1v) is 8.78. The molecule has 0 saturated heterocycles. The van der Waals surface area contributed by atoms with Gasteiger partial charge in [-0.25, -0.2) is 4.98 Å². The molecule has 0 aromatic carbocycles. The summed E-state index contributed by atoms with van der Waals surface area (Å²) in [5, 5.41) is 6.74. The van der Waals surface area contributed by atoms with E-state index in [1.807, 2.05) is 18.7 Å². The van der Waals surface area contributed by atoms with E-state index < -0.39 is 0 Å². The van der Waals surface area contributed by atoms with Crippen molar-refractivity contribution in [1.82, 2.24) is 25.1 Å². The molecule has 1 aromatic heterocycles. The van der Waals surface area contributed by atoms with Crippen LogP contribution in [-0.4, -0.2) is 58.7 Å². The molecule has 6 nitrogen and oxygen atoms in total. The quantitative estimate of drug-likeness (QED) is 0.249. The molecular formula is C17H35IN6. The first kappa shape index (κ1) is 23.2. The van der Waals surface area contributed by atoms with E-state index in [-0.39, 0.29) is 24.0 Å². The van der Waals surface area contributed by atoms with Gasteiger partial charge in [-0.15, -0.1) is 24.0 Å². The molecule has 140 valence electrons. The lowest BCUT2D eigenvalue weighted by molar-refractivity contribution is 0.178. The molecule has 0 aliphatic carbocycles. The number of hydrogen-bond acceptors (Lipinski definition) is 3. The molecule has 0 spiro atoms. The van der Waals surface area contributed by atoms with E-state index in [2.05, 4.69) is 64.7 Å². The molecule has 0 aliphatic heterocycles. The van der Waals surface area contributed by atoms with Gasteiger partial charge in [-0.2, -0.15) is 0 Å². The van der Waals surface area contributed by atoms with Crippen LogP contribution in [0.15, 0.2) is 23.7 Å². The number of nitrogens with zero attached hydrogens (tertiary/aromatic N) is 4. The number of hydrogen-bond donors (Lipinski definition) is 2. The predicted molar refractivity (Wildman–Crippen MR) is 113 cm³/mol. The summed E-state index contributed by atoms with van der Waals surface area (Å²) in [6.45, 7) is 15.7. The molecule has 0 fully saturated rings. The summed E-state index contributed by atoms with van der Waals surface area (Å²) in [6, 6.07) is 1.12. The van der Waals surface area contributed by atoms with E-state index >= 15 is 0 Å². The lowest BCUT2D eigenvalue weighted by atomic mass is 10.2. The number of aryl methyl sites for hydroxylation is 1. The number of halogens is 1. The summed E-state index contributed by atoms with van der Waals surface area (Å²) < 4.78 is 2.08. The molecule has 7 heteroatoms. The lowest BCUT2D eigenvalue weighted by Gasteiger charge is -2.30. The number of aromatic nitrogens is 2. The Kier molecular flexibility index (Phi) is 13.0. The lowest BCUT2D eigenvalue weighted by Crippen LogP contribution is -2.45. The Balaban J connectivity index is 0.00000529. The van der Waals surface area contributed by atoms with Crippen molar-refractivity contribution in [1.29, 1.82) is 0 Å². The SMILES string of the molecule is CCNC(=NCCCn1ccnc1)NCCN(C(C)C)C(C)C.I. The summed E-state index contributed by atoms with van der Waals surface area (Å²) in [7, 11) is 0. The van der Waals surface area contributed by atoms with Gasteiger partial charge < -0.3 is 15.2 Å². The minimum Gasteiger partial charge on any atom is -0.357 e. The molecule has 24 heavy (non-hydrogen) atoms. The minimum absolute atomic E-state index is 0. The van der Waals surface area contributed by atoms with Crippen LogP contribution in [0.2, 0.25) is 0 Å². The maximum absolute atomic E-state index is 4.64. The Morgan fingerprint density at radius 3 is 2.46 bits per heavy atom. The monoisotopic (exact) mass is 450 g/mol. The second-order valence-corrected chi connectivity index (χ2v) is 6.27. The van der Waals surface area contributed by atoms with Crippen molar-refractivity contribution in [2.45, 2.75) is 59.7 Å². The molecule has 0 saturated carbocycles. The summed E-state index contributed by atoms with van der Waals surface area (Å²) in [6.07, 6.45) is 6.65. The second kappa shape index (κ2) is 13.5. The zero-order valence-corrected chi connectivity index (χ0v) is 18.2. The van der Waals surface area contributed by atoms with E-state index in [9.17, 15) is 0 Å². The van der Waals surface area contributed by atoms with Crippen LogP contribution in [0.5, 0.6) is 0 Å². The zero-order chi connectivity index (χ0) is 17.1. The van der Waals surface area contributed by atoms with Crippen LogP contribution in [0, 0.1) is 0 Å². The highest BCUT2D eigenvalue weighted by Gasteiger charge is 2.12. The Bertz CT molecular complexity index is 422. The Hall–Kier alpha value is -0.830. The van der Waals surface area contributed by atoms with Crippen LogP contribution in [0.1, 0.15) is 41.0 Å². The van der Waals surface area contributed by atoms with Crippen molar-refractivity contribution in [2.75, 3.05) is 26.2 Å². The highest BCUT2D eigenvalue weighted by atomic mass is 127. The Morgan fingerprint density at radius 1 is 1.21 bits per heavy atom. The molecule has 0 aliphatic rings. The fraction of sp³-hybridized carbons (Fsp3) is 0.765. The third-order valence-corrected chi connectivity index (χ3v) is 3.74. The average molecular weight is 450 g/mol.